The number of piperidine rings is 1. The molecule has 1 aromatic heterocycles. The van der Waals surface area contributed by atoms with E-state index in [9.17, 15) is 9.59 Å². The molecule has 1 saturated heterocycles. The number of hydrogen-bond acceptors (Lipinski definition) is 4. The first kappa shape index (κ1) is 21.5. The fourth-order valence-corrected chi connectivity index (χ4v) is 3.47. The van der Waals surface area contributed by atoms with E-state index in [2.05, 4.69) is 17.1 Å². The van der Waals surface area contributed by atoms with Crippen LogP contribution in [-0.2, 0) is 4.79 Å². The van der Waals surface area contributed by atoms with Gasteiger partial charge in [-0.3, -0.25) is 9.59 Å². The standard InChI is InChI=1S/C21H35N3O3/c1-2-3-4-8-14-24(21(26)19-10-17-27-18-19)15-9-20(25)22-11-16-23-12-6-5-7-13-23/h10,17-18H,2-9,11-16H2,1H3,(H,22,25). The van der Waals surface area contributed by atoms with Gasteiger partial charge in [0.25, 0.3) is 5.91 Å². The molecule has 0 atom stereocenters. The molecule has 2 rings (SSSR count). The zero-order chi connectivity index (χ0) is 19.3. The van der Waals surface area contributed by atoms with Crippen LogP contribution in [0.3, 0.4) is 0 Å². The Morgan fingerprint density at radius 2 is 1.96 bits per heavy atom. The molecular weight excluding hydrogens is 342 g/mol. The summed E-state index contributed by atoms with van der Waals surface area (Å²) >= 11 is 0. The molecule has 0 unspecified atom stereocenters. The minimum absolute atomic E-state index is 0.0190. The Morgan fingerprint density at radius 3 is 2.67 bits per heavy atom. The molecule has 2 amide bonds. The maximum atomic E-state index is 12.6. The van der Waals surface area contributed by atoms with Crippen molar-refractivity contribution in [1.29, 1.82) is 0 Å². The number of furan rings is 1. The van der Waals surface area contributed by atoms with Crippen molar-refractivity contribution in [2.45, 2.75) is 58.3 Å². The lowest BCUT2D eigenvalue weighted by Crippen LogP contribution is -2.39. The van der Waals surface area contributed by atoms with Crippen LogP contribution >= 0.6 is 0 Å². The third-order valence-corrected chi connectivity index (χ3v) is 5.14. The Hall–Kier alpha value is -1.82. The monoisotopic (exact) mass is 377 g/mol. The second-order valence-corrected chi connectivity index (χ2v) is 7.37. The van der Waals surface area contributed by atoms with E-state index in [1.807, 2.05) is 0 Å². The van der Waals surface area contributed by atoms with Gasteiger partial charge in [-0.25, -0.2) is 0 Å². The van der Waals surface area contributed by atoms with E-state index >= 15 is 0 Å². The van der Waals surface area contributed by atoms with Gasteiger partial charge in [0.15, 0.2) is 0 Å². The highest BCUT2D eigenvalue weighted by Crippen LogP contribution is 2.10. The Kier molecular flexibility index (Phi) is 9.98. The van der Waals surface area contributed by atoms with E-state index in [1.54, 1.807) is 11.0 Å². The Labute approximate surface area is 163 Å². The van der Waals surface area contributed by atoms with Gasteiger partial charge in [-0.2, -0.15) is 0 Å². The molecule has 0 aromatic carbocycles. The summed E-state index contributed by atoms with van der Waals surface area (Å²) in [5.74, 6) is -0.0353. The molecule has 1 aliphatic heterocycles. The minimum atomic E-state index is -0.0543. The Balaban J connectivity index is 1.72. The van der Waals surface area contributed by atoms with Crippen molar-refractivity contribution >= 4 is 11.8 Å². The van der Waals surface area contributed by atoms with Gasteiger partial charge in [0.2, 0.25) is 5.91 Å². The molecule has 0 bridgehead atoms. The van der Waals surface area contributed by atoms with Gasteiger partial charge < -0.3 is 19.5 Å². The molecule has 152 valence electrons. The molecule has 0 radical (unpaired) electrons. The summed E-state index contributed by atoms with van der Waals surface area (Å²) in [6, 6.07) is 1.68. The van der Waals surface area contributed by atoms with Crippen molar-refractivity contribution in [2.24, 2.45) is 0 Å². The van der Waals surface area contributed by atoms with Gasteiger partial charge in [-0.15, -0.1) is 0 Å². The van der Waals surface area contributed by atoms with Crippen molar-refractivity contribution in [3.05, 3.63) is 24.2 Å². The van der Waals surface area contributed by atoms with Gasteiger partial charge >= 0.3 is 0 Å². The fraction of sp³-hybridized carbons (Fsp3) is 0.714. The van der Waals surface area contributed by atoms with Crippen LogP contribution in [0.25, 0.3) is 0 Å². The summed E-state index contributed by atoms with van der Waals surface area (Å²) in [7, 11) is 0. The zero-order valence-electron chi connectivity index (χ0n) is 16.8. The summed E-state index contributed by atoms with van der Waals surface area (Å²) in [6.45, 7) is 7.19. The number of likely N-dealkylation sites (tertiary alicyclic amines) is 1. The van der Waals surface area contributed by atoms with Crippen LogP contribution in [0.15, 0.2) is 23.0 Å². The number of nitrogens with one attached hydrogen (secondary N) is 1. The summed E-state index contributed by atoms with van der Waals surface area (Å²) in [5, 5.41) is 3.00. The molecule has 6 nitrogen and oxygen atoms in total. The van der Waals surface area contributed by atoms with E-state index < -0.39 is 0 Å². The van der Waals surface area contributed by atoms with Gasteiger partial charge in [-0.05, 0) is 38.4 Å². The predicted molar refractivity (Wildman–Crippen MR) is 107 cm³/mol. The fourth-order valence-electron chi connectivity index (χ4n) is 3.47. The molecule has 2 heterocycles. The summed E-state index contributed by atoms with van der Waals surface area (Å²) in [6.07, 6.45) is 11.6. The van der Waals surface area contributed by atoms with E-state index in [4.69, 9.17) is 4.42 Å². The minimum Gasteiger partial charge on any atom is -0.472 e. The molecule has 1 N–H and O–H groups in total. The highest BCUT2D eigenvalue weighted by Gasteiger charge is 2.18. The van der Waals surface area contributed by atoms with Gasteiger partial charge in [0, 0.05) is 32.6 Å². The number of unbranched alkanes of at least 4 members (excludes halogenated alkanes) is 3. The van der Waals surface area contributed by atoms with Gasteiger partial charge in [0.05, 0.1) is 11.8 Å². The second kappa shape index (κ2) is 12.5. The van der Waals surface area contributed by atoms with Gasteiger partial charge in [-0.1, -0.05) is 32.6 Å². The van der Waals surface area contributed by atoms with E-state index in [-0.39, 0.29) is 11.8 Å². The first-order chi connectivity index (χ1) is 13.2. The molecule has 0 aliphatic carbocycles. The molecule has 1 aliphatic rings. The normalized spacial score (nSPS) is 14.9. The Morgan fingerprint density at radius 1 is 1.15 bits per heavy atom. The summed E-state index contributed by atoms with van der Waals surface area (Å²) in [4.78, 5) is 29.0. The average molecular weight is 378 g/mol. The molecule has 27 heavy (non-hydrogen) atoms. The lowest BCUT2D eigenvalue weighted by Gasteiger charge is -2.26. The highest BCUT2D eigenvalue weighted by atomic mass is 16.3. The van der Waals surface area contributed by atoms with Crippen LogP contribution in [0.1, 0.15) is 68.6 Å². The van der Waals surface area contributed by atoms with Crippen LogP contribution in [0.2, 0.25) is 0 Å². The van der Waals surface area contributed by atoms with E-state index in [0.717, 1.165) is 38.9 Å². The molecular formula is C21H35N3O3. The maximum absolute atomic E-state index is 12.6. The number of nitrogens with zero attached hydrogens (tertiary/aromatic N) is 2. The quantitative estimate of drug-likeness (QED) is 0.568. The number of amides is 2. The number of hydrogen-bond donors (Lipinski definition) is 1. The van der Waals surface area contributed by atoms with Crippen molar-refractivity contribution in [3.63, 3.8) is 0 Å². The molecule has 6 heteroatoms. The van der Waals surface area contributed by atoms with Crippen LogP contribution in [-0.4, -0.2) is 60.9 Å². The third kappa shape index (κ3) is 8.16. The molecule has 0 spiro atoms. The molecule has 0 saturated carbocycles. The van der Waals surface area contributed by atoms with Crippen molar-refractivity contribution < 1.29 is 14.0 Å². The largest absolute Gasteiger partial charge is 0.472 e. The number of carbonyl (C=O) groups is 2. The first-order valence-electron chi connectivity index (χ1n) is 10.5. The topological polar surface area (TPSA) is 65.8 Å². The van der Waals surface area contributed by atoms with Crippen molar-refractivity contribution in [3.8, 4) is 0 Å². The van der Waals surface area contributed by atoms with Crippen molar-refractivity contribution in [1.82, 2.24) is 15.1 Å². The highest BCUT2D eigenvalue weighted by molar-refractivity contribution is 5.94. The third-order valence-electron chi connectivity index (χ3n) is 5.14. The summed E-state index contributed by atoms with van der Waals surface area (Å²) < 4.78 is 5.03. The SMILES string of the molecule is CCCCCCN(CCC(=O)NCCN1CCCCC1)C(=O)c1ccoc1. The van der Waals surface area contributed by atoms with E-state index in [0.29, 0.717) is 31.6 Å². The maximum Gasteiger partial charge on any atom is 0.257 e. The average Bonchev–Trinajstić information content (AvgIpc) is 3.22. The number of rotatable bonds is 12. The molecule has 1 fully saturated rings. The van der Waals surface area contributed by atoms with Gasteiger partial charge in [0.1, 0.15) is 6.26 Å². The van der Waals surface area contributed by atoms with E-state index in [1.165, 1.54) is 38.2 Å². The lowest BCUT2D eigenvalue weighted by molar-refractivity contribution is -0.121. The summed E-state index contributed by atoms with van der Waals surface area (Å²) in [5.41, 5.74) is 0.552. The predicted octanol–water partition coefficient (Wildman–Crippen LogP) is 3.29. The second-order valence-electron chi connectivity index (χ2n) is 7.37. The first-order valence-corrected chi connectivity index (χ1v) is 10.5. The molecule has 1 aromatic rings. The Bertz CT molecular complexity index is 539. The lowest BCUT2D eigenvalue weighted by atomic mass is 10.1. The van der Waals surface area contributed by atoms with Crippen LogP contribution in [0.4, 0.5) is 0 Å². The van der Waals surface area contributed by atoms with Crippen LogP contribution in [0, 0.1) is 0 Å². The van der Waals surface area contributed by atoms with Crippen LogP contribution in [0.5, 0.6) is 0 Å². The number of carbonyl (C=O) groups excluding carboxylic acids is 2. The smallest absolute Gasteiger partial charge is 0.257 e. The zero-order valence-corrected chi connectivity index (χ0v) is 16.8. The van der Waals surface area contributed by atoms with Crippen LogP contribution < -0.4 is 5.32 Å². The van der Waals surface area contributed by atoms with Crippen molar-refractivity contribution in [2.75, 3.05) is 39.3 Å².